The number of hydrogen-bond acceptors (Lipinski definition) is 1. The second-order valence-corrected chi connectivity index (χ2v) is 4.94. The van der Waals surface area contributed by atoms with Crippen molar-refractivity contribution in [3.05, 3.63) is 35.9 Å². The lowest BCUT2D eigenvalue weighted by atomic mass is 9.87. The van der Waals surface area contributed by atoms with Crippen molar-refractivity contribution in [1.29, 1.82) is 0 Å². The van der Waals surface area contributed by atoms with Crippen LogP contribution in [0.2, 0.25) is 0 Å². The molecule has 0 bridgehead atoms. The van der Waals surface area contributed by atoms with E-state index in [-0.39, 0.29) is 5.92 Å². The van der Waals surface area contributed by atoms with E-state index < -0.39 is 0 Å². The number of benzene rings is 1. The van der Waals surface area contributed by atoms with Crippen LogP contribution in [0.1, 0.15) is 57.9 Å². The minimum absolute atomic E-state index is 0.0931. The van der Waals surface area contributed by atoms with E-state index in [0.29, 0.717) is 11.7 Å². The van der Waals surface area contributed by atoms with Gasteiger partial charge in [0.2, 0.25) is 0 Å². The maximum atomic E-state index is 12.3. The van der Waals surface area contributed by atoms with Crippen LogP contribution in [-0.4, -0.2) is 5.78 Å². The van der Waals surface area contributed by atoms with Crippen molar-refractivity contribution in [3.8, 4) is 0 Å². The first-order chi connectivity index (χ1) is 8.19. The van der Waals surface area contributed by atoms with E-state index in [1.54, 1.807) is 0 Å². The Hall–Kier alpha value is -1.11. The van der Waals surface area contributed by atoms with Crippen molar-refractivity contribution in [2.75, 3.05) is 0 Å². The number of carbonyl (C=O) groups excluding carboxylic acids is 1. The first-order valence-corrected chi connectivity index (χ1v) is 6.76. The Bertz CT molecular complexity index is 329. The third-order valence-electron chi connectivity index (χ3n) is 3.33. The molecule has 0 spiro atoms. The van der Waals surface area contributed by atoms with Crippen molar-refractivity contribution >= 4 is 5.78 Å². The molecule has 1 nitrogen and oxygen atoms in total. The Balaban J connectivity index is 2.65. The van der Waals surface area contributed by atoms with E-state index >= 15 is 0 Å². The average molecular weight is 232 g/mol. The largest absolute Gasteiger partial charge is 0.299 e. The molecule has 2 atom stereocenters. The molecule has 0 saturated heterocycles. The maximum absolute atomic E-state index is 12.3. The number of rotatable bonds is 7. The van der Waals surface area contributed by atoms with Crippen molar-refractivity contribution in [2.45, 2.75) is 52.4 Å². The van der Waals surface area contributed by atoms with Gasteiger partial charge < -0.3 is 0 Å². The van der Waals surface area contributed by atoms with Crippen LogP contribution in [0.3, 0.4) is 0 Å². The van der Waals surface area contributed by atoms with Gasteiger partial charge in [-0.3, -0.25) is 4.79 Å². The minimum Gasteiger partial charge on any atom is -0.299 e. The molecule has 1 aromatic rings. The molecule has 2 unspecified atom stereocenters. The molecular weight excluding hydrogens is 208 g/mol. The van der Waals surface area contributed by atoms with Crippen molar-refractivity contribution in [1.82, 2.24) is 0 Å². The summed E-state index contributed by atoms with van der Waals surface area (Å²) in [6.07, 6.45) is 3.94. The van der Waals surface area contributed by atoms with E-state index in [0.717, 1.165) is 25.7 Å². The highest BCUT2D eigenvalue weighted by atomic mass is 16.1. The lowest BCUT2D eigenvalue weighted by Gasteiger charge is -2.17. The number of hydrogen-bond donors (Lipinski definition) is 0. The van der Waals surface area contributed by atoms with E-state index in [1.165, 1.54) is 5.56 Å². The third kappa shape index (κ3) is 4.33. The van der Waals surface area contributed by atoms with Crippen molar-refractivity contribution < 1.29 is 4.79 Å². The quantitative estimate of drug-likeness (QED) is 0.672. The summed E-state index contributed by atoms with van der Waals surface area (Å²) in [5, 5.41) is 0. The summed E-state index contributed by atoms with van der Waals surface area (Å²) < 4.78 is 0. The van der Waals surface area contributed by atoms with Gasteiger partial charge >= 0.3 is 0 Å². The molecule has 0 saturated carbocycles. The lowest BCUT2D eigenvalue weighted by Crippen LogP contribution is -2.15. The Morgan fingerprint density at radius 1 is 1.18 bits per heavy atom. The Labute approximate surface area is 105 Å². The van der Waals surface area contributed by atoms with Crippen LogP contribution in [0.25, 0.3) is 0 Å². The van der Waals surface area contributed by atoms with Crippen LogP contribution in [0.5, 0.6) is 0 Å². The highest BCUT2D eigenvalue weighted by molar-refractivity contribution is 5.85. The molecule has 0 fully saturated rings. The maximum Gasteiger partial charge on any atom is 0.140 e. The smallest absolute Gasteiger partial charge is 0.140 e. The molecule has 0 aliphatic heterocycles. The molecule has 0 radical (unpaired) electrons. The normalized spacial score (nSPS) is 14.3. The van der Waals surface area contributed by atoms with Gasteiger partial charge in [0.1, 0.15) is 5.78 Å². The molecule has 17 heavy (non-hydrogen) atoms. The molecule has 0 aliphatic carbocycles. The second kappa shape index (κ2) is 7.26. The van der Waals surface area contributed by atoms with Gasteiger partial charge in [0.25, 0.3) is 0 Å². The molecule has 0 heterocycles. The number of Topliss-reactive ketones (excluding diaryl/α,β-unsaturated/α-hetero) is 1. The van der Waals surface area contributed by atoms with Gasteiger partial charge in [-0.1, -0.05) is 63.9 Å². The summed E-state index contributed by atoms with van der Waals surface area (Å²) >= 11 is 0. The zero-order valence-corrected chi connectivity index (χ0v) is 11.3. The Kier molecular flexibility index (Phi) is 5.96. The predicted octanol–water partition coefficient (Wildman–Crippen LogP) is 4.58. The summed E-state index contributed by atoms with van der Waals surface area (Å²) in [6, 6.07) is 10.2. The highest BCUT2D eigenvalue weighted by Crippen LogP contribution is 2.24. The molecule has 0 N–H and O–H groups in total. The predicted molar refractivity (Wildman–Crippen MR) is 73.2 cm³/mol. The summed E-state index contributed by atoms with van der Waals surface area (Å²) in [7, 11) is 0. The minimum atomic E-state index is 0.0931. The van der Waals surface area contributed by atoms with E-state index in [2.05, 4.69) is 32.9 Å². The van der Waals surface area contributed by atoms with Crippen molar-refractivity contribution in [2.24, 2.45) is 5.92 Å². The molecule has 0 amide bonds. The standard InChI is InChI=1S/C16H24O/c1-4-9-13(3)12-16(17)15(5-2)14-10-7-6-8-11-14/h6-8,10-11,13,15H,4-5,9,12H2,1-3H3. The van der Waals surface area contributed by atoms with Crippen LogP contribution in [0.4, 0.5) is 0 Å². The molecule has 1 heteroatoms. The molecule has 1 rings (SSSR count). The van der Waals surface area contributed by atoms with Crippen molar-refractivity contribution in [3.63, 3.8) is 0 Å². The van der Waals surface area contributed by atoms with Crippen LogP contribution in [0.15, 0.2) is 30.3 Å². The highest BCUT2D eigenvalue weighted by Gasteiger charge is 2.19. The molecular formula is C16H24O. The zero-order valence-electron chi connectivity index (χ0n) is 11.3. The number of carbonyl (C=O) groups is 1. The SMILES string of the molecule is CCCC(C)CC(=O)C(CC)c1ccccc1. The van der Waals surface area contributed by atoms with Gasteiger partial charge in [-0.25, -0.2) is 0 Å². The molecule has 0 aliphatic rings. The van der Waals surface area contributed by atoms with Crippen LogP contribution >= 0.6 is 0 Å². The van der Waals surface area contributed by atoms with E-state index in [9.17, 15) is 4.79 Å². The summed E-state index contributed by atoms with van der Waals surface area (Å²) in [5.41, 5.74) is 1.17. The Morgan fingerprint density at radius 3 is 2.35 bits per heavy atom. The summed E-state index contributed by atoms with van der Waals surface area (Å²) in [4.78, 5) is 12.3. The first kappa shape index (κ1) is 14.0. The topological polar surface area (TPSA) is 17.1 Å². The summed E-state index contributed by atoms with van der Waals surface area (Å²) in [6.45, 7) is 6.45. The van der Waals surface area contributed by atoms with Gasteiger partial charge in [-0.2, -0.15) is 0 Å². The van der Waals surface area contributed by atoms with Gasteiger partial charge in [-0.05, 0) is 17.9 Å². The first-order valence-electron chi connectivity index (χ1n) is 6.76. The molecule has 94 valence electrons. The van der Waals surface area contributed by atoms with Crippen LogP contribution in [0, 0.1) is 5.92 Å². The lowest BCUT2D eigenvalue weighted by molar-refractivity contribution is -0.121. The van der Waals surface area contributed by atoms with Crippen LogP contribution in [-0.2, 0) is 4.79 Å². The monoisotopic (exact) mass is 232 g/mol. The third-order valence-corrected chi connectivity index (χ3v) is 3.33. The van der Waals surface area contributed by atoms with Gasteiger partial charge in [0, 0.05) is 12.3 Å². The Morgan fingerprint density at radius 2 is 1.82 bits per heavy atom. The van der Waals surface area contributed by atoms with E-state index in [1.807, 2.05) is 18.2 Å². The fraction of sp³-hybridized carbons (Fsp3) is 0.562. The van der Waals surface area contributed by atoms with Gasteiger partial charge in [0.15, 0.2) is 0 Å². The molecule has 0 aromatic heterocycles. The number of ketones is 1. The molecule has 1 aromatic carbocycles. The fourth-order valence-electron chi connectivity index (χ4n) is 2.42. The average Bonchev–Trinajstić information content (AvgIpc) is 2.31. The second-order valence-electron chi connectivity index (χ2n) is 4.94. The summed E-state index contributed by atoms with van der Waals surface area (Å²) in [5.74, 6) is 1.01. The van der Waals surface area contributed by atoms with Gasteiger partial charge in [-0.15, -0.1) is 0 Å². The van der Waals surface area contributed by atoms with Crippen LogP contribution < -0.4 is 0 Å². The fourth-order valence-corrected chi connectivity index (χ4v) is 2.42. The van der Waals surface area contributed by atoms with Gasteiger partial charge in [0.05, 0.1) is 0 Å². The zero-order chi connectivity index (χ0) is 12.7. The van der Waals surface area contributed by atoms with E-state index in [4.69, 9.17) is 0 Å².